The highest BCUT2D eigenvalue weighted by Gasteiger charge is 2.45. The third-order valence-electron chi connectivity index (χ3n) is 6.32. The first-order chi connectivity index (χ1) is 19.2. The Morgan fingerprint density at radius 2 is 1.50 bits per heavy atom. The van der Waals surface area contributed by atoms with Crippen molar-refractivity contribution < 1.29 is 64.2 Å². The molecule has 0 spiro atoms. The first-order valence-electron chi connectivity index (χ1n) is 12.4. The summed E-state index contributed by atoms with van der Waals surface area (Å²) in [6, 6.07) is 7.58. The van der Waals surface area contributed by atoms with Crippen molar-refractivity contribution in [2.24, 2.45) is 0 Å². The van der Waals surface area contributed by atoms with E-state index in [0.717, 1.165) is 0 Å². The average Bonchev–Trinajstić information content (AvgIpc) is 2.98. The van der Waals surface area contributed by atoms with Gasteiger partial charge in [0, 0.05) is 0 Å². The molecule has 40 heavy (non-hydrogen) atoms. The van der Waals surface area contributed by atoms with E-state index < -0.39 is 56.1 Å². The summed E-state index contributed by atoms with van der Waals surface area (Å²) in [6.07, 6.45) is -6.75. The van der Waals surface area contributed by atoms with Gasteiger partial charge in [-0.05, 0) is 35.4 Å². The molecule has 1 aliphatic heterocycles. The topological polar surface area (TPSA) is 197 Å². The lowest BCUT2D eigenvalue weighted by atomic mass is 9.99. The molecular formula is C27H36O13. The maximum absolute atomic E-state index is 11.1. The van der Waals surface area contributed by atoms with Crippen molar-refractivity contribution in [3.63, 3.8) is 0 Å². The summed E-state index contributed by atoms with van der Waals surface area (Å²) in [5.41, 5.74) is 0.938. The number of aliphatic hydroxyl groups excluding tert-OH is 7. The molecule has 1 saturated heterocycles. The lowest BCUT2D eigenvalue weighted by Gasteiger charge is -2.39. The molecule has 13 nitrogen and oxygen atoms in total. The van der Waals surface area contributed by atoms with Crippen molar-refractivity contribution in [1.29, 1.82) is 0 Å². The second kappa shape index (κ2) is 14.5. The van der Waals surface area contributed by atoms with Gasteiger partial charge < -0.3 is 64.2 Å². The Kier molecular flexibility index (Phi) is 11.4. The van der Waals surface area contributed by atoms with Crippen molar-refractivity contribution in [3.05, 3.63) is 47.5 Å². The van der Waals surface area contributed by atoms with Gasteiger partial charge in [0.1, 0.15) is 30.5 Å². The molecule has 1 fully saturated rings. The van der Waals surface area contributed by atoms with Crippen LogP contribution in [0.25, 0.3) is 6.08 Å². The molecule has 0 bridgehead atoms. The second-order valence-electron chi connectivity index (χ2n) is 8.85. The number of rotatable bonds is 13. The summed E-state index contributed by atoms with van der Waals surface area (Å²) in [6.45, 7) is -1.37. The molecule has 2 aromatic rings. The highest BCUT2D eigenvalue weighted by Crippen LogP contribution is 2.41. The van der Waals surface area contributed by atoms with Crippen LogP contribution in [0.5, 0.6) is 28.7 Å². The average molecular weight is 569 g/mol. The van der Waals surface area contributed by atoms with Crippen LogP contribution in [0.3, 0.4) is 0 Å². The van der Waals surface area contributed by atoms with Crippen LogP contribution in [0.4, 0.5) is 0 Å². The van der Waals surface area contributed by atoms with Crippen molar-refractivity contribution in [3.8, 4) is 28.7 Å². The minimum Gasteiger partial charge on any atom is -0.493 e. The Hall–Kier alpha value is -3.14. The van der Waals surface area contributed by atoms with Crippen LogP contribution in [-0.2, 0) is 4.74 Å². The van der Waals surface area contributed by atoms with Gasteiger partial charge in [-0.2, -0.15) is 0 Å². The molecule has 0 amide bonds. The Morgan fingerprint density at radius 3 is 2.05 bits per heavy atom. The van der Waals surface area contributed by atoms with Gasteiger partial charge >= 0.3 is 0 Å². The van der Waals surface area contributed by atoms with Crippen molar-refractivity contribution in [1.82, 2.24) is 0 Å². The van der Waals surface area contributed by atoms with Gasteiger partial charge in [0.15, 0.2) is 29.1 Å². The van der Waals surface area contributed by atoms with E-state index in [1.165, 1.54) is 45.6 Å². The third-order valence-corrected chi connectivity index (χ3v) is 6.32. The van der Waals surface area contributed by atoms with Crippen LogP contribution >= 0.6 is 0 Å². The zero-order valence-corrected chi connectivity index (χ0v) is 22.3. The van der Waals surface area contributed by atoms with Gasteiger partial charge in [-0.25, -0.2) is 0 Å². The quantitative estimate of drug-likeness (QED) is 0.161. The highest BCUT2D eigenvalue weighted by molar-refractivity contribution is 5.62. The van der Waals surface area contributed by atoms with Crippen LogP contribution in [0, 0.1) is 0 Å². The minimum absolute atomic E-state index is 0.0686. The molecule has 0 radical (unpaired) electrons. The van der Waals surface area contributed by atoms with E-state index in [2.05, 4.69) is 0 Å². The zero-order chi connectivity index (χ0) is 29.4. The standard InChI is InChI=1S/C27H36O13/c1-35-17-11-15(6-7-16(17)39-27-25(34)24(33)23(32)21(13-30)40-27)22(31)20(12-29)38-26-18(36-2)9-14(5-4-8-28)10-19(26)37-3/h4-7,9-11,20-25,27-34H,8,12-13H2,1-3H3. The predicted molar refractivity (Wildman–Crippen MR) is 140 cm³/mol. The van der Waals surface area contributed by atoms with Gasteiger partial charge in [0.2, 0.25) is 12.0 Å². The molecular weight excluding hydrogens is 532 g/mol. The van der Waals surface area contributed by atoms with Gasteiger partial charge in [-0.3, -0.25) is 0 Å². The summed E-state index contributed by atoms with van der Waals surface area (Å²) in [7, 11) is 4.18. The summed E-state index contributed by atoms with van der Waals surface area (Å²) in [5.74, 6) is 0.852. The van der Waals surface area contributed by atoms with E-state index in [1.807, 2.05) is 0 Å². The summed E-state index contributed by atoms with van der Waals surface area (Å²) >= 11 is 0. The molecule has 0 aliphatic carbocycles. The van der Waals surface area contributed by atoms with Crippen molar-refractivity contribution >= 4 is 6.08 Å². The van der Waals surface area contributed by atoms with Gasteiger partial charge in [0.05, 0.1) is 41.2 Å². The number of hydrogen-bond acceptors (Lipinski definition) is 13. The molecule has 1 aliphatic rings. The SMILES string of the molecule is COc1cc(C(O)C(CO)Oc2c(OC)cc(C=CCO)cc2OC)ccc1OC1OC(CO)C(O)C(O)C1O. The predicted octanol–water partition coefficient (Wildman–Crippen LogP) is -0.630. The Labute approximate surface area is 231 Å². The van der Waals surface area contributed by atoms with Crippen LogP contribution in [0.2, 0.25) is 0 Å². The molecule has 222 valence electrons. The molecule has 7 atom stereocenters. The van der Waals surface area contributed by atoms with Crippen LogP contribution < -0.4 is 23.7 Å². The number of aliphatic hydroxyl groups is 7. The molecule has 0 aromatic heterocycles. The van der Waals surface area contributed by atoms with Crippen LogP contribution in [-0.4, -0.2) is 114 Å². The van der Waals surface area contributed by atoms with Gasteiger partial charge in [0.25, 0.3) is 0 Å². The molecule has 7 N–H and O–H groups in total. The Bertz CT molecular complexity index is 1100. The highest BCUT2D eigenvalue weighted by atomic mass is 16.7. The summed E-state index contributed by atoms with van der Waals surface area (Å²) in [5, 5.41) is 69.9. The lowest BCUT2D eigenvalue weighted by Crippen LogP contribution is -2.60. The van der Waals surface area contributed by atoms with E-state index in [9.17, 15) is 30.6 Å². The van der Waals surface area contributed by atoms with E-state index in [1.54, 1.807) is 18.2 Å². The Balaban J connectivity index is 1.84. The molecule has 0 saturated carbocycles. The Morgan fingerprint density at radius 1 is 0.850 bits per heavy atom. The molecule has 3 rings (SSSR count). The van der Waals surface area contributed by atoms with Crippen molar-refractivity contribution in [2.45, 2.75) is 42.9 Å². The zero-order valence-electron chi connectivity index (χ0n) is 22.3. The second-order valence-corrected chi connectivity index (χ2v) is 8.85. The number of benzene rings is 2. The largest absolute Gasteiger partial charge is 0.493 e. The van der Waals surface area contributed by atoms with E-state index in [0.29, 0.717) is 5.56 Å². The molecule has 7 unspecified atom stereocenters. The third kappa shape index (κ3) is 6.95. The van der Waals surface area contributed by atoms with Gasteiger partial charge in [-0.1, -0.05) is 18.2 Å². The molecule has 2 aromatic carbocycles. The van der Waals surface area contributed by atoms with E-state index in [-0.39, 0.29) is 40.9 Å². The number of methoxy groups -OCH3 is 3. The number of hydrogen-bond donors (Lipinski definition) is 7. The summed E-state index contributed by atoms with van der Waals surface area (Å²) in [4.78, 5) is 0. The lowest BCUT2D eigenvalue weighted by molar-refractivity contribution is -0.277. The fraction of sp³-hybridized carbons (Fsp3) is 0.481. The normalized spacial score (nSPS) is 24.4. The van der Waals surface area contributed by atoms with Crippen molar-refractivity contribution in [2.75, 3.05) is 41.2 Å². The molecule has 13 heteroatoms. The fourth-order valence-corrected chi connectivity index (χ4v) is 4.12. The van der Waals surface area contributed by atoms with Crippen LogP contribution in [0.1, 0.15) is 17.2 Å². The first-order valence-corrected chi connectivity index (χ1v) is 12.4. The van der Waals surface area contributed by atoms with Gasteiger partial charge in [-0.15, -0.1) is 0 Å². The smallest absolute Gasteiger partial charge is 0.229 e. The van der Waals surface area contributed by atoms with E-state index in [4.69, 9.17) is 33.5 Å². The van der Waals surface area contributed by atoms with E-state index >= 15 is 0 Å². The monoisotopic (exact) mass is 568 g/mol. The first kappa shape index (κ1) is 31.4. The number of ether oxygens (including phenoxy) is 6. The fourth-order valence-electron chi connectivity index (χ4n) is 4.12. The molecule has 1 heterocycles. The van der Waals surface area contributed by atoms with Crippen LogP contribution in [0.15, 0.2) is 36.4 Å². The maximum Gasteiger partial charge on any atom is 0.229 e. The maximum atomic E-state index is 11.1. The minimum atomic E-state index is -1.63. The summed E-state index contributed by atoms with van der Waals surface area (Å²) < 4.78 is 33.2.